The molecule has 134 valence electrons. The van der Waals surface area contributed by atoms with Crippen LogP contribution in [0.2, 0.25) is 0 Å². The van der Waals surface area contributed by atoms with Crippen LogP contribution in [0.3, 0.4) is 0 Å². The Bertz CT molecular complexity index is 836. The van der Waals surface area contributed by atoms with Gasteiger partial charge in [-0.3, -0.25) is 4.79 Å². The van der Waals surface area contributed by atoms with Crippen LogP contribution in [-0.2, 0) is 6.42 Å². The van der Waals surface area contributed by atoms with Gasteiger partial charge >= 0.3 is 0 Å². The highest BCUT2D eigenvalue weighted by Crippen LogP contribution is 2.37. The second kappa shape index (κ2) is 8.72. The van der Waals surface area contributed by atoms with Crippen molar-refractivity contribution in [3.63, 3.8) is 0 Å². The first-order valence-corrected chi connectivity index (χ1v) is 8.24. The van der Waals surface area contributed by atoms with Crippen LogP contribution in [0.4, 0.5) is 0 Å². The van der Waals surface area contributed by atoms with Crippen molar-refractivity contribution in [3.8, 4) is 23.3 Å². The maximum atomic E-state index is 12.6. The zero-order valence-corrected chi connectivity index (χ0v) is 15.1. The summed E-state index contributed by atoms with van der Waals surface area (Å²) in [5.74, 6) is -0.0985. The predicted molar refractivity (Wildman–Crippen MR) is 99.6 cm³/mol. The minimum atomic E-state index is -0.360. The number of benzene rings is 2. The Morgan fingerprint density at radius 1 is 1.15 bits per heavy atom. The normalized spacial score (nSPS) is 10.9. The molecule has 0 saturated carbocycles. The third-order valence-corrected chi connectivity index (χ3v) is 3.93. The zero-order chi connectivity index (χ0) is 19.1. The van der Waals surface area contributed by atoms with Gasteiger partial charge in [-0.2, -0.15) is 5.26 Å². The SMILES string of the molecule is CCCc1ccc(C(=O)/C(C#N)=C/c2cc(OC)c(O)c(OC)c2)cc1. The number of ether oxygens (including phenoxy) is 2. The number of rotatable bonds is 7. The van der Waals surface area contributed by atoms with Crippen LogP contribution in [0.1, 0.15) is 34.8 Å². The van der Waals surface area contributed by atoms with Crippen molar-refractivity contribution >= 4 is 11.9 Å². The van der Waals surface area contributed by atoms with Crippen molar-refractivity contribution in [3.05, 3.63) is 58.7 Å². The molecule has 26 heavy (non-hydrogen) atoms. The number of phenols is 1. The van der Waals surface area contributed by atoms with E-state index in [1.165, 1.54) is 32.4 Å². The van der Waals surface area contributed by atoms with Crippen molar-refractivity contribution in [2.45, 2.75) is 19.8 Å². The quantitative estimate of drug-likeness (QED) is 0.460. The molecule has 5 heteroatoms. The lowest BCUT2D eigenvalue weighted by Crippen LogP contribution is -2.02. The average Bonchev–Trinajstić information content (AvgIpc) is 2.67. The fourth-order valence-electron chi connectivity index (χ4n) is 2.58. The maximum absolute atomic E-state index is 12.6. The Hall–Kier alpha value is -3.26. The molecule has 0 amide bonds. The van der Waals surface area contributed by atoms with E-state index >= 15 is 0 Å². The summed E-state index contributed by atoms with van der Waals surface area (Å²) in [6.45, 7) is 2.09. The summed E-state index contributed by atoms with van der Waals surface area (Å²) in [5.41, 5.74) is 2.11. The topological polar surface area (TPSA) is 79.6 Å². The Morgan fingerprint density at radius 2 is 1.73 bits per heavy atom. The van der Waals surface area contributed by atoms with E-state index in [1.807, 2.05) is 18.2 Å². The summed E-state index contributed by atoms with van der Waals surface area (Å²) >= 11 is 0. The molecule has 0 saturated heterocycles. The molecule has 0 spiro atoms. The van der Waals surface area contributed by atoms with Crippen LogP contribution in [0.25, 0.3) is 6.08 Å². The standard InChI is InChI=1S/C21H21NO4/c1-4-5-14-6-8-16(9-7-14)20(23)17(13-22)10-15-11-18(25-2)21(24)19(12-15)26-3/h6-12,24H,4-5H2,1-3H3/b17-10+. The highest BCUT2D eigenvalue weighted by atomic mass is 16.5. The third-order valence-electron chi connectivity index (χ3n) is 3.93. The minimum absolute atomic E-state index is 0.0111. The van der Waals surface area contributed by atoms with E-state index in [-0.39, 0.29) is 28.6 Å². The van der Waals surface area contributed by atoms with Crippen molar-refractivity contribution in [1.29, 1.82) is 5.26 Å². The smallest absolute Gasteiger partial charge is 0.203 e. The molecule has 5 nitrogen and oxygen atoms in total. The molecule has 0 aliphatic rings. The summed E-state index contributed by atoms with van der Waals surface area (Å²) in [5, 5.41) is 19.4. The summed E-state index contributed by atoms with van der Waals surface area (Å²) < 4.78 is 10.2. The lowest BCUT2D eigenvalue weighted by atomic mass is 9.99. The Kier molecular flexibility index (Phi) is 6.40. The van der Waals surface area contributed by atoms with Gasteiger partial charge in [-0.05, 0) is 35.8 Å². The summed E-state index contributed by atoms with van der Waals surface area (Å²) in [7, 11) is 2.83. The highest BCUT2D eigenvalue weighted by Gasteiger charge is 2.15. The number of aromatic hydroxyl groups is 1. The highest BCUT2D eigenvalue weighted by molar-refractivity contribution is 6.14. The van der Waals surface area contributed by atoms with Gasteiger partial charge in [0.15, 0.2) is 11.5 Å². The second-order valence-electron chi connectivity index (χ2n) is 5.72. The lowest BCUT2D eigenvalue weighted by molar-refractivity contribution is 0.104. The molecule has 0 aromatic heterocycles. The number of hydrogen-bond donors (Lipinski definition) is 1. The largest absolute Gasteiger partial charge is 0.502 e. The van der Waals surface area contributed by atoms with Crippen molar-refractivity contribution < 1.29 is 19.4 Å². The minimum Gasteiger partial charge on any atom is -0.502 e. The molecule has 0 aliphatic carbocycles. The fraction of sp³-hybridized carbons (Fsp3) is 0.238. The molecule has 1 N–H and O–H groups in total. The van der Waals surface area contributed by atoms with Crippen LogP contribution < -0.4 is 9.47 Å². The van der Waals surface area contributed by atoms with Crippen LogP contribution >= 0.6 is 0 Å². The number of allylic oxidation sites excluding steroid dienone is 1. The molecule has 2 rings (SSSR count). The summed E-state index contributed by atoms with van der Waals surface area (Å²) in [4.78, 5) is 12.6. The van der Waals surface area contributed by atoms with Crippen molar-refractivity contribution in [2.24, 2.45) is 0 Å². The van der Waals surface area contributed by atoms with Gasteiger partial charge in [0.1, 0.15) is 11.6 Å². The number of ketones is 1. The van der Waals surface area contributed by atoms with E-state index in [9.17, 15) is 15.2 Å². The van der Waals surface area contributed by atoms with E-state index in [4.69, 9.17) is 9.47 Å². The number of Topliss-reactive ketones (excluding diaryl/α,β-unsaturated/α-hetero) is 1. The molecule has 0 fully saturated rings. The zero-order valence-electron chi connectivity index (χ0n) is 15.1. The predicted octanol–water partition coefficient (Wildman–Crippen LogP) is 4.15. The number of methoxy groups -OCH3 is 2. The van der Waals surface area contributed by atoms with Crippen LogP contribution in [0, 0.1) is 11.3 Å². The van der Waals surface area contributed by atoms with Crippen LogP contribution in [0.15, 0.2) is 42.0 Å². The van der Waals surface area contributed by atoms with Crippen molar-refractivity contribution in [2.75, 3.05) is 14.2 Å². The molecule has 2 aromatic carbocycles. The van der Waals surface area contributed by atoms with Gasteiger partial charge < -0.3 is 14.6 Å². The van der Waals surface area contributed by atoms with E-state index in [0.29, 0.717) is 11.1 Å². The number of phenolic OH excluding ortho intramolecular Hbond substituents is 1. The van der Waals surface area contributed by atoms with E-state index in [0.717, 1.165) is 18.4 Å². The first kappa shape index (κ1) is 19.1. The number of nitriles is 1. The third kappa shape index (κ3) is 4.22. The molecular weight excluding hydrogens is 330 g/mol. The summed E-state index contributed by atoms with van der Waals surface area (Å²) in [6.07, 6.45) is 3.43. The second-order valence-corrected chi connectivity index (χ2v) is 5.72. The first-order valence-electron chi connectivity index (χ1n) is 8.24. The van der Waals surface area contributed by atoms with E-state index in [2.05, 4.69) is 6.92 Å². The summed E-state index contributed by atoms with van der Waals surface area (Å²) in [6, 6.07) is 12.3. The Labute approximate surface area is 153 Å². The van der Waals surface area contributed by atoms with Gasteiger partial charge in [0.25, 0.3) is 0 Å². The number of hydrogen-bond acceptors (Lipinski definition) is 5. The molecular formula is C21H21NO4. The maximum Gasteiger partial charge on any atom is 0.203 e. The van der Waals surface area contributed by atoms with Gasteiger partial charge in [0.05, 0.1) is 14.2 Å². The Balaban J connectivity index is 2.38. The van der Waals surface area contributed by atoms with Crippen LogP contribution in [-0.4, -0.2) is 25.1 Å². The molecule has 0 bridgehead atoms. The number of carbonyl (C=O) groups excluding carboxylic acids is 1. The molecule has 0 unspecified atom stereocenters. The average molecular weight is 351 g/mol. The van der Waals surface area contributed by atoms with Gasteiger partial charge in [-0.25, -0.2) is 0 Å². The van der Waals surface area contributed by atoms with Gasteiger partial charge in [-0.1, -0.05) is 37.6 Å². The number of aryl methyl sites for hydroxylation is 1. The van der Waals surface area contributed by atoms with E-state index in [1.54, 1.807) is 12.1 Å². The lowest BCUT2D eigenvalue weighted by Gasteiger charge is -2.09. The van der Waals surface area contributed by atoms with Crippen LogP contribution in [0.5, 0.6) is 17.2 Å². The van der Waals surface area contributed by atoms with E-state index < -0.39 is 0 Å². The molecule has 0 atom stereocenters. The number of carbonyl (C=O) groups is 1. The molecule has 0 heterocycles. The van der Waals surface area contributed by atoms with Crippen molar-refractivity contribution in [1.82, 2.24) is 0 Å². The van der Waals surface area contributed by atoms with Gasteiger partial charge in [0, 0.05) is 5.56 Å². The number of nitrogens with zero attached hydrogens (tertiary/aromatic N) is 1. The van der Waals surface area contributed by atoms with Gasteiger partial charge in [-0.15, -0.1) is 0 Å². The van der Waals surface area contributed by atoms with Gasteiger partial charge in [0.2, 0.25) is 11.5 Å². The fourth-order valence-corrected chi connectivity index (χ4v) is 2.58. The first-order chi connectivity index (χ1) is 12.5. The molecule has 0 radical (unpaired) electrons. The molecule has 2 aromatic rings. The Morgan fingerprint density at radius 3 is 2.19 bits per heavy atom. The monoisotopic (exact) mass is 351 g/mol. The molecule has 0 aliphatic heterocycles.